The van der Waals surface area contributed by atoms with Gasteiger partial charge in [-0.3, -0.25) is 4.21 Å². The average molecular weight is 294 g/mol. The van der Waals surface area contributed by atoms with E-state index in [9.17, 15) is 4.21 Å². The van der Waals surface area contributed by atoms with Gasteiger partial charge in [0.05, 0.1) is 6.04 Å². The average Bonchev–Trinajstić information content (AvgIpc) is 2.85. The van der Waals surface area contributed by atoms with Crippen molar-refractivity contribution in [3.63, 3.8) is 0 Å². The first-order valence-electron chi connectivity index (χ1n) is 6.22. The standard InChI is InChI=1S/C12H18N6OS/c1-8(5-6-20(2)19)18-12(15-16-17-18)10-4-3-9(13)7-11(10)14/h3-4,7-8H,5-6,13-14H2,1-2H3. The van der Waals surface area contributed by atoms with Crippen molar-refractivity contribution in [3.05, 3.63) is 18.2 Å². The van der Waals surface area contributed by atoms with Crippen molar-refractivity contribution < 1.29 is 4.21 Å². The van der Waals surface area contributed by atoms with Gasteiger partial charge in [0.2, 0.25) is 0 Å². The topological polar surface area (TPSA) is 113 Å². The smallest absolute Gasteiger partial charge is 0.184 e. The molecule has 0 spiro atoms. The Labute approximate surface area is 119 Å². The third kappa shape index (κ3) is 3.13. The van der Waals surface area contributed by atoms with Gasteiger partial charge in [0.15, 0.2) is 5.82 Å². The van der Waals surface area contributed by atoms with Gasteiger partial charge < -0.3 is 11.5 Å². The van der Waals surface area contributed by atoms with Crippen LogP contribution in [0.5, 0.6) is 0 Å². The lowest BCUT2D eigenvalue weighted by atomic mass is 10.1. The minimum Gasteiger partial charge on any atom is -0.399 e. The zero-order valence-electron chi connectivity index (χ0n) is 11.5. The molecule has 0 amide bonds. The van der Waals surface area contributed by atoms with Crippen LogP contribution in [0, 0.1) is 0 Å². The summed E-state index contributed by atoms with van der Waals surface area (Å²) in [5.41, 5.74) is 13.5. The summed E-state index contributed by atoms with van der Waals surface area (Å²) in [5, 5.41) is 11.7. The van der Waals surface area contributed by atoms with Crippen molar-refractivity contribution in [2.75, 3.05) is 23.5 Å². The second kappa shape index (κ2) is 6.00. The van der Waals surface area contributed by atoms with Crippen LogP contribution in [0.25, 0.3) is 11.4 Å². The van der Waals surface area contributed by atoms with Crippen LogP contribution in [0.4, 0.5) is 11.4 Å². The molecule has 20 heavy (non-hydrogen) atoms. The Kier molecular flexibility index (Phi) is 4.33. The number of anilines is 2. The molecule has 0 saturated heterocycles. The Hall–Kier alpha value is -1.96. The third-order valence-corrected chi connectivity index (χ3v) is 3.86. The number of rotatable bonds is 5. The number of nitrogen functional groups attached to an aromatic ring is 2. The summed E-state index contributed by atoms with van der Waals surface area (Å²) >= 11 is 0. The van der Waals surface area contributed by atoms with E-state index in [2.05, 4.69) is 15.5 Å². The molecule has 108 valence electrons. The number of nitrogens with two attached hydrogens (primary N) is 2. The molecule has 7 nitrogen and oxygen atoms in total. The molecule has 1 aromatic carbocycles. The van der Waals surface area contributed by atoms with E-state index in [4.69, 9.17) is 11.5 Å². The predicted octanol–water partition coefficient (Wildman–Crippen LogP) is 0.834. The monoisotopic (exact) mass is 294 g/mol. The number of hydrogen-bond acceptors (Lipinski definition) is 6. The lowest BCUT2D eigenvalue weighted by molar-refractivity contribution is 0.470. The van der Waals surface area contributed by atoms with Crippen LogP contribution < -0.4 is 11.5 Å². The van der Waals surface area contributed by atoms with Crippen molar-refractivity contribution in [1.82, 2.24) is 20.2 Å². The highest BCUT2D eigenvalue weighted by Gasteiger charge is 2.16. The van der Waals surface area contributed by atoms with Crippen LogP contribution in [0.2, 0.25) is 0 Å². The van der Waals surface area contributed by atoms with Gasteiger partial charge in [-0.2, -0.15) is 0 Å². The van der Waals surface area contributed by atoms with Crippen molar-refractivity contribution in [2.24, 2.45) is 0 Å². The van der Waals surface area contributed by atoms with Crippen LogP contribution in [0.15, 0.2) is 18.2 Å². The van der Waals surface area contributed by atoms with Crippen LogP contribution in [0.3, 0.4) is 0 Å². The molecule has 0 aliphatic rings. The maximum Gasteiger partial charge on any atom is 0.184 e. The maximum absolute atomic E-state index is 11.2. The minimum atomic E-state index is -0.829. The fourth-order valence-electron chi connectivity index (χ4n) is 1.91. The predicted molar refractivity (Wildman–Crippen MR) is 80.3 cm³/mol. The number of tetrazole rings is 1. The molecule has 1 aromatic heterocycles. The zero-order valence-corrected chi connectivity index (χ0v) is 12.3. The van der Waals surface area contributed by atoms with Gasteiger partial charge in [-0.25, -0.2) is 4.68 Å². The second-order valence-electron chi connectivity index (χ2n) is 4.71. The lowest BCUT2D eigenvalue weighted by Crippen LogP contribution is -2.12. The first-order valence-corrected chi connectivity index (χ1v) is 7.95. The SMILES string of the molecule is CC(CCS(C)=O)n1nnnc1-c1ccc(N)cc1N. The molecule has 0 radical (unpaired) electrons. The molecule has 4 N–H and O–H groups in total. The van der Waals surface area contributed by atoms with Crippen LogP contribution in [-0.4, -0.2) is 36.4 Å². The molecule has 2 rings (SSSR count). The summed E-state index contributed by atoms with van der Waals surface area (Å²) in [4.78, 5) is 0. The second-order valence-corrected chi connectivity index (χ2v) is 6.26. The third-order valence-electron chi connectivity index (χ3n) is 3.05. The number of nitrogens with zero attached hydrogens (tertiary/aromatic N) is 4. The minimum absolute atomic E-state index is 0.0425. The molecule has 0 fully saturated rings. The van der Waals surface area contributed by atoms with Gasteiger partial charge in [-0.05, 0) is 42.0 Å². The summed E-state index contributed by atoms with van der Waals surface area (Å²) in [5.74, 6) is 1.20. The quantitative estimate of drug-likeness (QED) is 0.790. The van der Waals surface area contributed by atoms with E-state index in [0.29, 0.717) is 23.0 Å². The molecule has 0 aliphatic carbocycles. The van der Waals surface area contributed by atoms with Gasteiger partial charge in [0, 0.05) is 39.7 Å². The van der Waals surface area contributed by atoms with E-state index >= 15 is 0 Å². The molecule has 2 atom stereocenters. The number of hydrogen-bond donors (Lipinski definition) is 2. The Morgan fingerprint density at radius 1 is 1.40 bits per heavy atom. The number of benzene rings is 1. The first-order chi connectivity index (χ1) is 9.49. The Balaban J connectivity index is 2.30. The molecule has 0 saturated carbocycles. The van der Waals surface area contributed by atoms with E-state index in [1.165, 1.54) is 0 Å². The van der Waals surface area contributed by atoms with Crippen LogP contribution in [-0.2, 0) is 10.8 Å². The first kappa shape index (κ1) is 14.4. The van der Waals surface area contributed by atoms with Gasteiger partial charge >= 0.3 is 0 Å². The van der Waals surface area contributed by atoms with Crippen molar-refractivity contribution in [3.8, 4) is 11.4 Å². The van der Waals surface area contributed by atoms with Crippen molar-refractivity contribution >= 4 is 22.2 Å². The largest absolute Gasteiger partial charge is 0.399 e. The van der Waals surface area contributed by atoms with Crippen molar-refractivity contribution in [1.29, 1.82) is 0 Å². The van der Waals surface area contributed by atoms with Crippen LogP contribution in [0.1, 0.15) is 19.4 Å². The van der Waals surface area contributed by atoms with Crippen molar-refractivity contribution in [2.45, 2.75) is 19.4 Å². The van der Waals surface area contributed by atoms with E-state index in [1.54, 1.807) is 29.1 Å². The highest BCUT2D eigenvalue weighted by atomic mass is 32.2. The maximum atomic E-state index is 11.2. The van der Waals surface area contributed by atoms with Gasteiger partial charge in [0.1, 0.15) is 0 Å². The molecule has 0 bridgehead atoms. The summed E-state index contributed by atoms with van der Waals surface area (Å²) in [7, 11) is -0.829. The summed E-state index contributed by atoms with van der Waals surface area (Å²) in [6, 6.07) is 5.29. The summed E-state index contributed by atoms with van der Waals surface area (Å²) in [6.07, 6.45) is 2.42. The fraction of sp³-hybridized carbons (Fsp3) is 0.417. The van der Waals surface area contributed by atoms with Gasteiger partial charge in [0.25, 0.3) is 0 Å². The summed E-state index contributed by atoms with van der Waals surface area (Å²) in [6.45, 7) is 1.99. The molecule has 2 aromatic rings. The Morgan fingerprint density at radius 2 is 2.15 bits per heavy atom. The lowest BCUT2D eigenvalue weighted by Gasteiger charge is -2.13. The van der Waals surface area contributed by atoms with Crippen LogP contribution >= 0.6 is 0 Å². The van der Waals surface area contributed by atoms with E-state index in [0.717, 1.165) is 12.0 Å². The normalized spacial score (nSPS) is 14.1. The fourth-order valence-corrected chi connectivity index (χ4v) is 2.58. The highest BCUT2D eigenvalue weighted by Crippen LogP contribution is 2.27. The Morgan fingerprint density at radius 3 is 2.80 bits per heavy atom. The van der Waals surface area contributed by atoms with E-state index in [1.807, 2.05) is 6.92 Å². The molecular formula is C12H18N6OS. The highest BCUT2D eigenvalue weighted by molar-refractivity contribution is 7.84. The molecule has 1 heterocycles. The summed E-state index contributed by atoms with van der Waals surface area (Å²) < 4.78 is 12.9. The Bertz CT molecular complexity index is 626. The molecule has 2 unspecified atom stereocenters. The number of aromatic nitrogens is 4. The molecular weight excluding hydrogens is 276 g/mol. The van der Waals surface area contributed by atoms with Gasteiger partial charge in [-0.1, -0.05) is 0 Å². The van der Waals surface area contributed by atoms with Gasteiger partial charge in [-0.15, -0.1) is 5.10 Å². The molecule has 0 aliphatic heterocycles. The zero-order chi connectivity index (χ0) is 14.7. The molecule has 8 heteroatoms. The van der Waals surface area contributed by atoms with E-state index in [-0.39, 0.29) is 6.04 Å². The van der Waals surface area contributed by atoms with E-state index < -0.39 is 10.8 Å².